The van der Waals surface area contributed by atoms with Crippen molar-refractivity contribution >= 4 is 5.91 Å². The summed E-state index contributed by atoms with van der Waals surface area (Å²) >= 11 is 0. The van der Waals surface area contributed by atoms with Gasteiger partial charge in [0.2, 0.25) is 5.91 Å². The monoisotopic (exact) mass is 331 g/mol. The lowest BCUT2D eigenvalue weighted by molar-refractivity contribution is -0.125. The molecule has 0 spiro atoms. The van der Waals surface area contributed by atoms with E-state index in [1.807, 2.05) is 44.2 Å². The highest BCUT2D eigenvalue weighted by molar-refractivity contribution is 5.78. The predicted octanol–water partition coefficient (Wildman–Crippen LogP) is 3.31. The molecule has 5 nitrogen and oxygen atoms in total. The van der Waals surface area contributed by atoms with Crippen LogP contribution < -0.4 is 10.1 Å². The Balaban J connectivity index is 1.68. The van der Waals surface area contributed by atoms with Crippen molar-refractivity contribution in [3.63, 3.8) is 0 Å². The van der Waals surface area contributed by atoms with Crippen LogP contribution in [0.15, 0.2) is 53.1 Å². The molecule has 3 atom stereocenters. The van der Waals surface area contributed by atoms with Gasteiger partial charge in [0.05, 0.1) is 12.9 Å². The van der Waals surface area contributed by atoms with Gasteiger partial charge >= 0.3 is 0 Å². The SMILES string of the molecule is C[C@H](C[C@H](O)c1ccco1)NC(=O)[C@H](C)CCOc1ccccc1. The number of benzene rings is 1. The van der Waals surface area contributed by atoms with Crippen LogP contribution in [0, 0.1) is 5.92 Å². The van der Waals surface area contributed by atoms with Gasteiger partial charge in [-0.2, -0.15) is 0 Å². The van der Waals surface area contributed by atoms with E-state index in [4.69, 9.17) is 9.15 Å². The third-order valence-electron chi connectivity index (χ3n) is 3.85. The molecule has 0 aliphatic carbocycles. The molecule has 1 aromatic carbocycles. The smallest absolute Gasteiger partial charge is 0.223 e. The van der Waals surface area contributed by atoms with Crippen LogP contribution in [0.3, 0.4) is 0 Å². The summed E-state index contributed by atoms with van der Waals surface area (Å²) in [5.41, 5.74) is 0. The maximum absolute atomic E-state index is 12.2. The third kappa shape index (κ3) is 5.74. The van der Waals surface area contributed by atoms with Crippen molar-refractivity contribution in [1.82, 2.24) is 5.32 Å². The number of ether oxygens (including phenoxy) is 1. The first-order valence-corrected chi connectivity index (χ1v) is 8.26. The summed E-state index contributed by atoms with van der Waals surface area (Å²) in [6.07, 6.45) is 1.85. The number of rotatable bonds is 9. The molecule has 24 heavy (non-hydrogen) atoms. The molecule has 0 saturated carbocycles. The Morgan fingerprint density at radius 2 is 1.96 bits per heavy atom. The fourth-order valence-electron chi connectivity index (χ4n) is 2.38. The summed E-state index contributed by atoms with van der Waals surface area (Å²) in [5.74, 6) is 1.13. The van der Waals surface area contributed by atoms with Crippen molar-refractivity contribution in [1.29, 1.82) is 0 Å². The van der Waals surface area contributed by atoms with Crippen LogP contribution in [0.1, 0.15) is 38.6 Å². The predicted molar refractivity (Wildman–Crippen MR) is 91.6 cm³/mol. The highest BCUT2D eigenvalue weighted by Gasteiger charge is 2.19. The second kappa shape index (κ2) is 9.13. The summed E-state index contributed by atoms with van der Waals surface area (Å²) in [6.45, 7) is 4.23. The molecule has 0 saturated heterocycles. The van der Waals surface area contributed by atoms with Gasteiger partial charge in [0.15, 0.2) is 0 Å². The minimum absolute atomic E-state index is 0.0363. The van der Waals surface area contributed by atoms with Gasteiger partial charge in [-0.05, 0) is 37.6 Å². The number of carbonyl (C=O) groups excluding carboxylic acids is 1. The van der Waals surface area contributed by atoms with Crippen molar-refractivity contribution in [2.24, 2.45) is 5.92 Å². The molecule has 2 aromatic rings. The third-order valence-corrected chi connectivity index (χ3v) is 3.85. The Morgan fingerprint density at radius 1 is 1.21 bits per heavy atom. The van der Waals surface area contributed by atoms with Crippen molar-refractivity contribution in [3.05, 3.63) is 54.5 Å². The highest BCUT2D eigenvalue weighted by Crippen LogP contribution is 2.18. The van der Waals surface area contributed by atoms with Crippen molar-refractivity contribution < 1.29 is 19.1 Å². The summed E-state index contributed by atoms with van der Waals surface area (Å²) < 4.78 is 10.8. The molecule has 0 aliphatic heterocycles. The van der Waals surface area contributed by atoms with E-state index >= 15 is 0 Å². The minimum Gasteiger partial charge on any atom is -0.494 e. The lowest BCUT2D eigenvalue weighted by Crippen LogP contribution is -2.37. The Morgan fingerprint density at radius 3 is 2.62 bits per heavy atom. The topological polar surface area (TPSA) is 71.7 Å². The maximum Gasteiger partial charge on any atom is 0.223 e. The van der Waals surface area contributed by atoms with E-state index < -0.39 is 6.10 Å². The molecule has 0 bridgehead atoms. The standard InChI is InChI=1S/C19H25NO4/c1-14(10-12-23-16-7-4-3-5-8-16)19(22)20-15(2)13-17(21)18-9-6-11-24-18/h3-9,11,14-15,17,21H,10,12-13H2,1-2H3,(H,20,22)/t14-,15-,17+/m1/s1. The Hall–Kier alpha value is -2.27. The zero-order valence-corrected chi connectivity index (χ0v) is 14.1. The van der Waals surface area contributed by atoms with Gasteiger partial charge in [-0.3, -0.25) is 4.79 Å². The van der Waals surface area contributed by atoms with Crippen LogP contribution in [-0.2, 0) is 4.79 Å². The molecule has 0 radical (unpaired) electrons. The molecular formula is C19H25NO4. The Labute approximate surface area is 142 Å². The van der Waals surface area contributed by atoms with E-state index in [0.29, 0.717) is 25.2 Å². The summed E-state index contributed by atoms with van der Waals surface area (Å²) in [5, 5.41) is 13.0. The van der Waals surface area contributed by atoms with E-state index in [2.05, 4.69) is 5.32 Å². The number of para-hydroxylation sites is 1. The number of nitrogens with one attached hydrogen (secondary N) is 1. The minimum atomic E-state index is -0.716. The first-order valence-electron chi connectivity index (χ1n) is 8.26. The van der Waals surface area contributed by atoms with Crippen LogP contribution in [-0.4, -0.2) is 23.7 Å². The number of aliphatic hydroxyl groups excluding tert-OH is 1. The number of amides is 1. The van der Waals surface area contributed by atoms with E-state index in [-0.39, 0.29) is 17.9 Å². The van der Waals surface area contributed by atoms with Gasteiger partial charge in [0.25, 0.3) is 0 Å². The van der Waals surface area contributed by atoms with Gasteiger partial charge < -0.3 is 19.6 Å². The van der Waals surface area contributed by atoms with Crippen LogP contribution in [0.4, 0.5) is 0 Å². The molecule has 1 aromatic heterocycles. The van der Waals surface area contributed by atoms with Gasteiger partial charge in [0.1, 0.15) is 17.6 Å². The molecule has 1 amide bonds. The van der Waals surface area contributed by atoms with Crippen LogP contribution in [0.2, 0.25) is 0 Å². The van der Waals surface area contributed by atoms with E-state index in [1.165, 1.54) is 6.26 Å². The largest absolute Gasteiger partial charge is 0.494 e. The first kappa shape index (κ1) is 18.1. The lowest BCUT2D eigenvalue weighted by atomic mass is 10.1. The Bertz CT molecular complexity index is 597. The van der Waals surface area contributed by atoms with Crippen molar-refractivity contribution in [3.8, 4) is 5.75 Å². The molecule has 5 heteroatoms. The number of hydrogen-bond acceptors (Lipinski definition) is 4. The van der Waals surface area contributed by atoms with Gasteiger partial charge in [-0.1, -0.05) is 25.1 Å². The molecule has 0 fully saturated rings. The van der Waals surface area contributed by atoms with Crippen molar-refractivity contribution in [2.75, 3.05) is 6.61 Å². The molecule has 130 valence electrons. The second-order valence-electron chi connectivity index (χ2n) is 6.03. The van der Waals surface area contributed by atoms with Gasteiger partial charge in [-0.15, -0.1) is 0 Å². The molecule has 1 heterocycles. The average Bonchev–Trinajstić information content (AvgIpc) is 3.10. The normalized spacial score (nSPS) is 14.6. The molecule has 2 rings (SSSR count). The lowest BCUT2D eigenvalue weighted by Gasteiger charge is -2.19. The summed E-state index contributed by atoms with van der Waals surface area (Å²) in [4.78, 5) is 12.2. The summed E-state index contributed by atoms with van der Waals surface area (Å²) in [6, 6.07) is 12.9. The van der Waals surface area contributed by atoms with Crippen LogP contribution >= 0.6 is 0 Å². The number of carbonyl (C=O) groups is 1. The number of hydrogen-bond donors (Lipinski definition) is 2. The van der Waals surface area contributed by atoms with Gasteiger partial charge in [0, 0.05) is 18.4 Å². The molecular weight excluding hydrogens is 306 g/mol. The maximum atomic E-state index is 12.2. The fourth-order valence-corrected chi connectivity index (χ4v) is 2.38. The van der Waals surface area contributed by atoms with E-state index in [9.17, 15) is 9.90 Å². The summed E-state index contributed by atoms with van der Waals surface area (Å²) in [7, 11) is 0. The van der Waals surface area contributed by atoms with Gasteiger partial charge in [-0.25, -0.2) is 0 Å². The number of aliphatic hydroxyl groups is 1. The van der Waals surface area contributed by atoms with E-state index in [1.54, 1.807) is 12.1 Å². The van der Waals surface area contributed by atoms with E-state index in [0.717, 1.165) is 5.75 Å². The second-order valence-corrected chi connectivity index (χ2v) is 6.03. The number of furan rings is 1. The zero-order valence-electron chi connectivity index (χ0n) is 14.1. The first-order chi connectivity index (χ1) is 11.6. The molecule has 2 N–H and O–H groups in total. The quantitative estimate of drug-likeness (QED) is 0.739. The highest BCUT2D eigenvalue weighted by atomic mass is 16.5. The molecule has 0 unspecified atom stereocenters. The Kier molecular flexibility index (Phi) is 6.88. The zero-order chi connectivity index (χ0) is 17.4. The van der Waals surface area contributed by atoms with Crippen LogP contribution in [0.25, 0.3) is 0 Å². The average molecular weight is 331 g/mol. The molecule has 0 aliphatic rings. The van der Waals surface area contributed by atoms with Crippen molar-refractivity contribution in [2.45, 2.75) is 38.8 Å². The fraction of sp³-hybridized carbons (Fsp3) is 0.421. The van der Waals surface area contributed by atoms with Crippen LogP contribution in [0.5, 0.6) is 5.75 Å².